The lowest BCUT2D eigenvalue weighted by Crippen LogP contribution is -3.00. The molecule has 3 aliphatic rings. The first-order valence-corrected chi connectivity index (χ1v) is 12.4. The number of ether oxygens (including phenoxy) is 2. The maximum atomic E-state index is 13.8. The highest BCUT2D eigenvalue weighted by molar-refractivity contribution is 5.97. The summed E-state index contributed by atoms with van der Waals surface area (Å²) >= 11 is 0. The molecule has 38 heavy (non-hydrogen) atoms. The number of hydrogen-bond acceptors (Lipinski definition) is 5. The Bertz CT molecular complexity index is 1120. The summed E-state index contributed by atoms with van der Waals surface area (Å²) in [4.78, 5) is 35.0. The second kappa shape index (κ2) is 13.3. The van der Waals surface area contributed by atoms with Crippen LogP contribution in [0.4, 0.5) is 19.3 Å². The summed E-state index contributed by atoms with van der Waals surface area (Å²) in [7, 11) is 0. The number of rotatable bonds is 5. The fourth-order valence-corrected chi connectivity index (χ4v) is 4.84. The van der Waals surface area contributed by atoms with E-state index in [2.05, 4.69) is 5.32 Å². The number of amides is 1. The van der Waals surface area contributed by atoms with E-state index in [4.69, 9.17) is 9.47 Å². The van der Waals surface area contributed by atoms with Gasteiger partial charge in [0.25, 0.3) is 0 Å². The number of nitrogens with zero attached hydrogens (tertiary/aromatic N) is 1. The molecule has 208 valence electrons. The standard InChI is InChI=1S/C17H20F2NO3.C11H15NO2.BrH/c1-11(21)23-17-10-20(6-4-12(17)5-7-20)9-16(22)14-3-2-13(18)8-15(14)19;1-11(2,3)14-10(13)12-9-7-5-4-6-8-9;/h2-3,8,12,17H,4-7,9-10H2,1H3;4-8H,1-3H3,(H,12,13);1H/q+1;;/p-1/t12?,17-,20?;;/m0../s1. The monoisotopic (exact) mass is 596 g/mol. The third kappa shape index (κ3) is 9.16. The van der Waals surface area contributed by atoms with Crippen molar-refractivity contribution in [2.75, 3.05) is 31.5 Å². The van der Waals surface area contributed by atoms with E-state index in [0.717, 1.165) is 43.8 Å². The van der Waals surface area contributed by atoms with Gasteiger partial charge in [0.05, 0.1) is 18.7 Å². The van der Waals surface area contributed by atoms with E-state index in [1.807, 2.05) is 51.1 Å². The summed E-state index contributed by atoms with van der Waals surface area (Å²) in [6.45, 7) is 9.30. The van der Waals surface area contributed by atoms with Crippen LogP contribution in [0.25, 0.3) is 0 Å². The molecule has 0 aromatic heterocycles. The molecule has 2 aromatic rings. The molecule has 3 aliphatic heterocycles. The first kappa shape index (κ1) is 31.4. The zero-order valence-corrected chi connectivity index (χ0v) is 23.7. The zero-order chi connectivity index (χ0) is 27.2. The van der Waals surface area contributed by atoms with Crippen LogP contribution in [0.3, 0.4) is 0 Å². The van der Waals surface area contributed by atoms with Gasteiger partial charge in [-0.1, -0.05) is 18.2 Å². The van der Waals surface area contributed by atoms with Crippen molar-refractivity contribution in [3.63, 3.8) is 0 Å². The maximum absolute atomic E-state index is 13.8. The third-order valence-corrected chi connectivity index (χ3v) is 6.49. The molecule has 5 rings (SSSR count). The molecular formula is C28H35BrF2N2O5. The number of halogens is 3. The number of Topliss-reactive ketones (excluding diaryl/α,β-unsaturated/α-hetero) is 1. The van der Waals surface area contributed by atoms with Gasteiger partial charge in [-0.15, -0.1) is 0 Å². The molecule has 1 N–H and O–H groups in total. The molecule has 3 fully saturated rings. The number of fused-ring (bicyclic) bond motifs is 3. The lowest BCUT2D eigenvalue weighted by atomic mass is 9.83. The third-order valence-electron chi connectivity index (χ3n) is 6.49. The highest BCUT2D eigenvalue weighted by atomic mass is 79.9. The summed E-state index contributed by atoms with van der Waals surface area (Å²) in [5.74, 6) is -1.80. The van der Waals surface area contributed by atoms with Crippen LogP contribution in [0, 0.1) is 17.6 Å². The van der Waals surface area contributed by atoms with E-state index in [1.165, 1.54) is 13.0 Å². The molecule has 0 unspecified atom stereocenters. The quantitative estimate of drug-likeness (QED) is 0.326. The van der Waals surface area contributed by atoms with Crippen molar-refractivity contribution in [1.29, 1.82) is 0 Å². The molecule has 0 aliphatic carbocycles. The number of carbonyl (C=O) groups is 3. The van der Waals surface area contributed by atoms with Crippen LogP contribution < -0.4 is 22.3 Å². The van der Waals surface area contributed by atoms with E-state index in [0.29, 0.717) is 16.9 Å². The van der Waals surface area contributed by atoms with Gasteiger partial charge in [0.1, 0.15) is 30.3 Å². The summed E-state index contributed by atoms with van der Waals surface area (Å²) in [6, 6.07) is 12.2. The Kier molecular flexibility index (Phi) is 11.0. The number of para-hydroxylation sites is 1. The largest absolute Gasteiger partial charge is 1.00 e. The van der Waals surface area contributed by atoms with Gasteiger partial charge < -0.3 is 30.9 Å². The minimum atomic E-state index is -0.823. The molecule has 0 spiro atoms. The number of anilines is 1. The molecular weight excluding hydrogens is 562 g/mol. The lowest BCUT2D eigenvalue weighted by Gasteiger charge is -2.51. The molecule has 1 atom stereocenters. The van der Waals surface area contributed by atoms with Crippen molar-refractivity contribution in [2.24, 2.45) is 5.92 Å². The molecule has 3 heterocycles. The summed E-state index contributed by atoms with van der Waals surface area (Å²) < 4.78 is 37.8. The van der Waals surface area contributed by atoms with Gasteiger partial charge >= 0.3 is 12.1 Å². The Hall–Kier alpha value is -2.85. The number of quaternary nitrogens is 1. The van der Waals surface area contributed by atoms with Crippen molar-refractivity contribution in [3.05, 3.63) is 65.7 Å². The number of nitrogens with one attached hydrogen (secondary N) is 1. The second-order valence-corrected chi connectivity index (χ2v) is 10.7. The van der Waals surface area contributed by atoms with E-state index in [9.17, 15) is 23.2 Å². The van der Waals surface area contributed by atoms with E-state index in [1.54, 1.807) is 0 Å². The SMILES string of the molecule is CC(=O)O[C@H]1C[N+]2(CC(=O)c3ccc(F)cc3F)CCC1CC2.CC(C)(C)OC(=O)Nc1ccccc1.[Br-]. The van der Waals surface area contributed by atoms with Crippen LogP contribution in [-0.4, -0.2) is 60.2 Å². The van der Waals surface area contributed by atoms with Crippen LogP contribution in [0.2, 0.25) is 0 Å². The Morgan fingerprint density at radius 1 is 1.03 bits per heavy atom. The van der Waals surface area contributed by atoms with E-state index in [-0.39, 0.29) is 46.9 Å². The molecule has 7 nitrogen and oxygen atoms in total. The predicted octanol–water partition coefficient (Wildman–Crippen LogP) is 2.36. The second-order valence-electron chi connectivity index (χ2n) is 10.7. The van der Waals surface area contributed by atoms with Crippen LogP contribution >= 0.6 is 0 Å². The van der Waals surface area contributed by atoms with E-state index >= 15 is 0 Å². The molecule has 10 heteroatoms. The van der Waals surface area contributed by atoms with E-state index < -0.39 is 23.3 Å². The van der Waals surface area contributed by atoms with Gasteiger partial charge in [0, 0.05) is 37.4 Å². The highest BCUT2D eigenvalue weighted by Crippen LogP contribution is 2.36. The van der Waals surface area contributed by atoms with Crippen LogP contribution in [0.15, 0.2) is 48.5 Å². The zero-order valence-electron chi connectivity index (χ0n) is 22.1. The fraction of sp³-hybridized carbons (Fsp3) is 0.464. The van der Waals surface area contributed by atoms with Crippen LogP contribution in [0.1, 0.15) is 50.9 Å². The topological polar surface area (TPSA) is 81.7 Å². The van der Waals surface area contributed by atoms with Crippen molar-refractivity contribution in [1.82, 2.24) is 0 Å². The molecule has 2 aromatic carbocycles. The van der Waals surface area contributed by atoms with Crippen molar-refractivity contribution in [3.8, 4) is 0 Å². The Morgan fingerprint density at radius 2 is 1.66 bits per heavy atom. The summed E-state index contributed by atoms with van der Waals surface area (Å²) in [5.41, 5.74) is 0.205. The number of benzene rings is 2. The first-order valence-electron chi connectivity index (χ1n) is 12.4. The van der Waals surface area contributed by atoms with Crippen molar-refractivity contribution in [2.45, 2.75) is 52.2 Å². The number of piperidine rings is 3. The minimum absolute atomic E-state index is 0. The Labute approximate surface area is 232 Å². The number of ketones is 1. The molecule has 1 amide bonds. The number of carbonyl (C=O) groups excluding carboxylic acids is 3. The maximum Gasteiger partial charge on any atom is 0.412 e. The normalized spacial score (nSPS) is 21.7. The fourth-order valence-electron chi connectivity index (χ4n) is 4.84. The molecule has 2 bridgehead atoms. The van der Waals surface area contributed by atoms with Gasteiger partial charge in [-0.05, 0) is 45.0 Å². The number of hydrogen-bond donors (Lipinski definition) is 1. The average molecular weight is 597 g/mol. The smallest absolute Gasteiger partial charge is 0.412 e. The van der Waals surface area contributed by atoms with Crippen molar-refractivity contribution < 1.29 is 54.1 Å². The number of esters is 1. The van der Waals surface area contributed by atoms with Crippen molar-refractivity contribution >= 4 is 23.5 Å². The van der Waals surface area contributed by atoms with Gasteiger partial charge in [0.15, 0.2) is 6.10 Å². The van der Waals surface area contributed by atoms with Gasteiger partial charge in [0.2, 0.25) is 5.78 Å². The van der Waals surface area contributed by atoms with Gasteiger partial charge in [-0.3, -0.25) is 14.9 Å². The van der Waals surface area contributed by atoms with Crippen LogP contribution in [-0.2, 0) is 14.3 Å². The van der Waals surface area contributed by atoms with Gasteiger partial charge in [-0.2, -0.15) is 0 Å². The summed E-state index contributed by atoms with van der Waals surface area (Å²) in [5, 5.41) is 2.64. The Morgan fingerprint density at radius 3 is 2.21 bits per heavy atom. The highest BCUT2D eigenvalue weighted by Gasteiger charge is 2.48. The molecule has 0 saturated carbocycles. The lowest BCUT2D eigenvalue weighted by molar-refractivity contribution is -0.938. The van der Waals surface area contributed by atoms with Gasteiger partial charge in [-0.25, -0.2) is 13.6 Å². The van der Waals surface area contributed by atoms with Crippen LogP contribution in [0.5, 0.6) is 0 Å². The minimum Gasteiger partial charge on any atom is -1.00 e. The Balaban J connectivity index is 0.000000292. The molecule has 3 saturated heterocycles. The average Bonchev–Trinajstić information content (AvgIpc) is 2.79. The first-order chi connectivity index (χ1) is 17.4. The summed E-state index contributed by atoms with van der Waals surface area (Å²) in [6.07, 6.45) is 1.21. The predicted molar refractivity (Wildman–Crippen MR) is 135 cm³/mol. The molecule has 0 radical (unpaired) electrons.